The Bertz CT molecular complexity index is 745. The van der Waals surface area contributed by atoms with Gasteiger partial charge in [0.15, 0.2) is 5.78 Å². The van der Waals surface area contributed by atoms with E-state index >= 15 is 0 Å². The number of benzene rings is 1. The van der Waals surface area contributed by atoms with E-state index in [-0.39, 0.29) is 23.7 Å². The monoisotopic (exact) mass is 440 g/mol. The molecule has 2 saturated carbocycles. The number of rotatable bonds is 6. The number of piperidine rings is 1. The Balaban J connectivity index is 0.000000219. The summed E-state index contributed by atoms with van der Waals surface area (Å²) in [5.41, 5.74) is 0.620. The second-order valence-electron chi connectivity index (χ2n) is 9.93. The van der Waals surface area contributed by atoms with Crippen LogP contribution < -0.4 is 5.32 Å². The number of carbonyl (C=O) groups excluding carboxylic acids is 3. The number of hydrogen-bond acceptors (Lipinski definition) is 3. The van der Waals surface area contributed by atoms with Gasteiger partial charge in [-0.2, -0.15) is 0 Å². The molecule has 3 fully saturated rings. The number of hydrogen-bond donors (Lipinski definition) is 1. The van der Waals surface area contributed by atoms with Crippen LogP contribution in [-0.4, -0.2) is 41.6 Å². The molecule has 1 atom stereocenters. The molecule has 3 aliphatic rings. The SMILES string of the molecule is CC(C)C(=O)C(NC(=O)c1ccccc1)C1CCCCC1.O=C(C1CC1)N1CCCCC1. The fourth-order valence-corrected chi connectivity index (χ4v) is 4.76. The van der Waals surface area contributed by atoms with E-state index in [1.165, 1.54) is 25.7 Å². The molecule has 176 valence electrons. The maximum Gasteiger partial charge on any atom is 0.251 e. The van der Waals surface area contributed by atoms with Crippen molar-refractivity contribution < 1.29 is 14.4 Å². The number of likely N-dealkylation sites (tertiary alicyclic amines) is 1. The minimum atomic E-state index is -0.335. The van der Waals surface area contributed by atoms with Crippen molar-refractivity contribution >= 4 is 17.6 Å². The molecule has 2 aliphatic carbocycles. The van der Waals surface area contributed by atoms with Gasteiger partial charge in [0.1, 0.15) is 0 Å². The Labute approximate surface area is 193 Å². The summed E-state index contributed by atoms with van der Waals surface area (Å²) in [7, 11) is 0. The number of carbonyl (C=O) groups is 3. The molecule has 32 heavy (non-hydrogen) atoms. The molecule has 0 spiro atoms. The van der Waals surface area contributed by atoms with Gasteiger partial charge in [-0.15, -0.1) is 0 Å². The van der Waals surface area contributed by atoms with E-state index in [4.69, 9.17) is 0 Å². The lowest BCUT2D eigenvalue weighted by molar-refractivity contribution is -0.133. The van der Waals surface area contributed by atoms with E-state index in [0.717, 1.165) is 51.6 Å². The molecule has 1 aromatic carbocycles. The maximum absolute atomic E-state index is 12.5. The zero-order valence-electron chi connectivity index (χ0n) is 19.9. The molecule has 1 heterocycles. The summed E-state index contributed by atoms with van der Waals surface area (Å²) >= 11 is 0. The normalized spacial score (nSPS) is 20.2. The van der Waals surface area contributed by atoms with Crippen LogP contribution >= 0.6 is 0 Å². The largest absolute Gasteiger partial charge is 0.342 e. The quantitative estimate of drug-likeness (QED) is 0.677. The fraction of sp³-hybridized carbons (Fsp3) is 0.667. The summed E-state index contributed by atoms with van der Waals surface area (Å²) in [4.78, 5) is 38.4. The lowest BCUT2D eigenvalue weighted by Gasteiger charge is -2.31. The van der Waals surface area contributed by atoms with E-state index in [1.54, 1.807) is 12.1 Å². The van der Waals surface area contributed by atoms with Crippen molar-refractivity contribution in [1.29, 1.82) is 0 Å². The third-order valence-electron chi connectivity index (χ3n) is 6.91. The molecule has 5 heteroatoms. The smallest absolute Gasteiger partial charge is 0.251 e. The maximum atomic E-state index is 12.5. The van der Waals surface area contributed by atoms with Crippen LogP contribution in [0, 0.1) is 17.8 Å². The molecule has 2 amide bonds. The van der Waals surface area contributed by atoms with Gasteiger partial charge in [0.2, 0.25) is 5.91 Å². The highest BCUT2D eigenvalue weighted by molar-refractivity contribution is 5.98. The molecule has 1 N–H and O–H groups in total. The highest BCUT2D eigenvalue weighted by Gasteiger charge is 2.34. The zero-order valence-corrected chi connectivity index (χ0v) is 19.9. The molecule has 1 saturated heterocycles. The first-order chi connectivity index (χ1) is 15.5. The van der Waals surface area contributed by atoms with Gasteiger partial charge in [-0.25, -0.2) is 0 Å². The van der Waals surface area contributed by atoms with Gasteiger partial charge in [-0.1, -0.05) is 51.3 Å². The van der Waals surface area contributed by atoms with E-state index in [0.29, 0.717) is 23.3 Å². The van der Waals surface area contributed by atoms with Crippen molar-refractivity contribution in [2.75, 3.05) is 13.1 Å². The molecule has 0 bridgehead atoms. The lowest BCUT2D eigenvalue weighted by atomic mass is 9.80. The third kappa shape index (κ3) is 7.18. The van der Waals surface area contributed by atoms with Crippen LogP contribution in [0.25, 0.3) is 0 Å². The second kappa shape index (κ2) is 12.2. The standard InChI is InChI=1S/C18H25NO2.C9H15NO/c1-13(2)17(20)16(14-9-5-3-6-10-14)19-18(21)15-11-7-4-8-12-15;11-9(8-4-5-8)10-6-2-1-3-7-10/h4,7-8,11-14,16H,3,5-6,9-10H2,1-2H3,(H,19,21);8H,1-7H2. The molecule has 1 aromatic rings. The van der Waals surface area contributed by atoms with Crippen LogP contribution in [0.4, 0.5) is 0 Å². The molecule has 0 radical (unpaired) electrons. The Morgan fingerprint density at radius 3 is 2.00 bits per heavy atom. The molecule has 0 aromatic heterocycles. The first-order valence-corrected chi connectivity index (χ1v) is 12.7. The summed E-state index contributed by atoms with van der Waals surface area (Å²) in [5.74, 6) is 1.12. The van der Waals surface area contributed by atoms with Gasteiger partial charge in [0.05, 0.1) is 6.04 Å². The van der Waals surface area contributed by atoms with Gasteiger partial charge < -0.3 is 10.2 Å². The molecule has 4 rings (SSSR count). The fourth-order valence-electron chi connectivity index (χ4n) is 4.76. The van der Waals surface area contributed by atoms with Crippen LogP contribution in [0.2, 0.25) is 0 Å². The Morgan fingerprint density at radius 2 is 1.44 bits per heavy atom. The number of nitrogens with zero attached hydrogens (tertiary/aromatic N) is 1. The Hall–Kier alpha value is -2.17. The van der Waals surface area contributed by atoms with Crippen molar-refractivity contribution in [3.8, 4) is 0 Å². The van der Waals surface area contributed by atoms with E-state index < -0.39 is 0 Å². The minimum absolute atomic E-state index is 0.0481. The van der Waals surface area contributed by atoms with E-state index in [2.05, 4.69) is 10.2 Å². The molecular formula is C27H40N2O3. The van der Waals surface area contributed by atoms with Crippen LogP contribution in [-0.2, 0) is 9.59 Å². The van der Waals surface area contributed by atoms with Crippen LogP contribution in [0.15, 0.2) is 30.3 Å². The van der Waals surface area contributed by atoms with Crippen LogP contribution in [0.1, 0.15) is 88.4 Å². The number of nitrogens with one attached hydrogen (secondary N) is 1. The number of Topliss-reactive ketones (excluding diaryl/α,β-unsaturated/α-hetero) is 1. The Morgan fingerprint density at radius 1 is 0.844 bits per heavy atom. The number of amides is 2. The average molecular weight is 441 g/mol. The van der Waals surface area contributed by atoms with Crippen molar-refractivity contribution in [1.82, 2.24) is 10.2 Å². The minimum Gasteiger partial charge on any atom is -0.342 e. The van der Waals surface area contributed by atoms with Gasteiger partial charge in [-0.3, -0.25) is 14.4 Å². The molecule has 5 nitrogen and oxygen atoms in total. The highest BCUT2D eigenvalue weighted by atomic mass is 16.2. The summed E-state index contributed by atoms with van der Waals surface area (Å²) in [6, 6.07) is 8.80. The van der Waals surface area contributed by atoms with Gasteiger partial charge in [0, 0.05) is 30.5 Å². The third-order valence-corrected chi connectivity index (χ3v) is 6.91. The summed E-state index contributed by atoms with van der Waals surface area (Å²) in [6.07, 6.45) is 11.7. The van der Waals surface area contributed by atoms with E-state index in [9.17, 15) is 14.4 Å². The van der Waals surface area contributed by atoms with Gasteiger partial charge in [-0.05, 0) is 63.0 Å². The predicted octanol–water partition coefficient (Wildman–Crippen LogP) is 5.00. The second-order valence-corrected chi connectivity index (χ2v) is 9.93. The molecule has 1 aliphatic heterocycles. The number of ketones is 1. The predicted molar refractivity (Wildman–Crippen MR) is 127 cm³/mol. The Kier molecular flexibility index (Phi) is 9.31. The topological polar surface area (TPSA) is 66.5 Å². The summed E-state index contributed by atoms with van der Waals surface area (Å²) in [6.45, 7) is 5.87. The summed E-state index contributed by atoms with van der Waals surface area (Å²) < 4.78 is 0. The van der Waals surface area contributed by atoms with Crippen LogP contribution in [0.5, 0.6) is 0 Å². The first-order valence-electron chi connectivity index (χ1n) is 12.7. The first kappa shape index (κ1) is 24.5. The van der Waals surface area contributed by atoms with Crippen molar-refractivity contribution in [2.45, 2.75) is 84.1 Å². The van der Waals surface area contributed by atoms with Crippen LogP contribution in [0.3, 0.4) is 0 Å². The van der Waals surface area contributed by atoms with Crippen molar-refractivity contribution in [3.05, 3.63) is 35.9 Å². The van der Waals surface area contributed by atoms with Gasteiger partial charge >= 0.3 is 0 Å². The van der Waals surface area contributed by atoms with Gasteiger partial charge in [0.25, 0.3) is 5.91 Å². The zero-order chi connectivity index (χ0) is 22.9. The lowest BCUT2D eigenvalue weighted by Crippen LogP contribution is -2.48. The van der Waals surface area contributed by atoms with Crippen molar-refractivity contribution in [2.24, 2.45) is 17.8 Å². The molecular weight excluding hydrogens is 400 g/mol. The van der Waals surface area contributed by atoms with E-state index in [1.807, 2.05) is 32.0 Å². The highest BCUT2D eigenvalue weighted by Crippen LogP contribution is 2.32. The van der Waals surface area contributed by atoms with Crippen molar-refractivity contribution in [3.63, 3.8) is 0 Å². The molecule has 1 unspecified atom stereocenters. The average Bonchev–Trinajstić information content (AvgIpc) is 3.69. The summed E-state index contributed by atoms with van der Waals surface area (Å²) in [5, 5.41) is 3.00.